The van der Waals surface area contributed by atoms with Crippen LogP contribution < -0.4 is 0 Å². The minimum atomic E-state index is -1.48. The van der Waals surface area contributed by atoms with Crippen LogP contribution in [0.1, 0.15) is 39.3 Å². The van der Waals surface area contributed by atoms with E-state index in [1.165, 1.54) is 33.4 Å². The van der Waals surface area contributed by atoms with Crippen molar-refractivity contribution >= 4 is 26.8 Å². The summed E-state index contributed by atoms with van der Waals surface area (Å²) in [7, 11) is -1.48. The Morgan fingerprint density at radius 3 is 2.13 bits per heavy atom. The highest BCUT2D eigenvalue weighted by Gasteiger charge is 2.30. The van der Waals surface area contributed by atoms with Crippen LogP contribution in [0.4, 0.5) is 4.79 Å². The van der Waals surface area contributed by atoms with Crippen LogP contribution in [0.25, 0.3) is 11.1 Å². The van der Waals surface area contributed by atoms with Gasteiger partial charge < -0.3 is 9.64 Å². The Hall–Kier alpha value is -2.98. The molecule has 0 aromatic heterocycles. The second-order valence-corrected chi connectivity index (χ2v) is 17.0. The van der Waals surface area contributed by atoms with Crippen LogP contribution in [0, 0.1) is 25.3 Å². The van der Waals surface area contributed by atoms with E-state index in [1.54, 1.807) is 0 Å². The van der Waals surface area contributed by atoms with Crippen molar-refractivity contribution in [3.8, 4) is 22.6 Å². The molecule has 0 N–H and O–H groups in total. The lowest BCUT2D eigenvalue weighted by Gasteiger charge is -2.34. The molecule has 0 spiro atoms. The molecule has 3 aromatic rings. The van der Waals surface area contributed by atoms with Crippen LogP contribution >= 0.6 is 12.6 Å². The van der Waals surface area contributed by atoms with Gasteiger partial charge in [0, 0.05) is 49.1 Å². The summed E-state index contributed by atoms with van der Waals surface area (Å²) < 4.78 is 5.90. The second-order valence-electron chi connectivity index (χ2n) is 11.7. The van der Waals surface area contributed by atoms with Crippen molar-refractivity contribution in [1.82, 2.24) is 9.80 Å². The Bertz CT molecular complexity index is 1410. The molecule has 5 rings (SSSR count). The standard InChI is InChI=1S/C33H38N2O2SSi/c1-23-25(20-32(38)24(2)26(23)14-19-39(3,4)5)21-34-15-17-35(18-16-34)33(36)37-22-31-29-12-8-6-10-27(29)28-11-7-9-13-30(28)31/h6-13,20,31,38H,15-18,21-22H2,1-5H3. The Balaban J connectivity index is 1.20. The first-order valence-corrected chi connectivity index (χ1v) is 17.7. The molecule has 0 radical (unpaired) electrons. The van der Waals surface area contributed by atoms with Gasteiger partial charge in [-0.25, -0.2) is 4.79 Å². The largest absolute Gasteiger partial charge is 0.448 e. The smallest absolute Gasteiger partial charge is 0.409 e. The molecule has 1 fully saturated rings. The van der Waals surface area contributed by atoms with Crippen molar-refractivity contribution in [2.75, 3.05) is 32.8 Å². The van der Waals surface area contributed by atoms with Gasteiger partial charge in [0.2, 0.25) is 0 Å². The van der Waals surface area contributed by atoms with Crippen LogP contribution in [0.3, 0.4) is 0 Å². The Labute approximate surface area is 239 Å². The number of rotatable bonds is 4. The van der Waals surface area contributed by atoms with Gasteiger partial charge in [-0.3, -0.25) is 4.90 Å². The lowest BCUT2D eigenvalue weighted by molar-refractivity contribution is 0.0728. The van der Waals surface area contributed by atoms with Crippen molar-refractivity contribution in [3.05, 3.63) is 88.0 Å². The van der Waals surface area contributed by atoms with Gasteiger partial charge in [0.25, 0.3) is 0 Å². The predicted octanol–water partition coefficient (Wildman–Crippen LogP) is 6.89. The minimum absolute atomic E-state index is 0.0841. The van der Waals surface area contributed by atoms with Crippen molar-refractivity contribution in [3.63, 3.8) is 0 Å². The molecule has 1 aliphatic carbocycles. The number of amides is 1. The molecule has 1 saturated heterocycles. The van der Waals surface area contributed by atoms with E-state index in [-0.39, 0.29) is 12.0 Å². The van der Waals surface area contributed by atoms with Crippen LogP contribution in [-0.2, 0) is 11.3 Å². The topological polar surface area (TPSA) is 32.8 Å². The van der Waals surface area contributed by atoms with Crippen molar-refractivity contribution in [2.45, 2.75) is 50.8 Å². The molecule has 4 nitrogen and oxygen atoms in total. The third-order valence-electron chi connectivity index (χ3n) is 7.85. The summed E-state index contributed by atoms with van der Waals surface area (Å²) in [6, 6.07) is 19.1. The lowest BCUT2D eigenvalue weighted by atomic mass is 9.97. The lowest BCUT2D eigenvalue weighted by Crippen LogP contribution is -2.48. The summed E-state index contributed by atoms with van der Waals surface area (Å²) in [5, 5.41) is 0. The molecular formula is C33H38N2O2SSi. The second kappa shape index (κ2) is 11.2. The highest BCUT2D eigenvalue weighted by Crippen LogP contribution is 2.44. The highest BCUT2D eigenvalue weighted by atomic mass is 32.1. The molecule has 0 atom stereocenters. The maximum Gasteiger partial charge on any atom is 0.409 e. The molecule has 1 heterocycles. The molecular weight excluding hydrogens is 517 g/mol. The van der Waals surface area contributed by atoms with E-state index in [2.05, 4.69) is 104 Å². The van der Waals surface area contributed by atoms with Gasteiger partial charge in [0.1, 0.15) is 14.7 Å². The Morgan fingerprint density at radius 2 is 1.54 bits per heavy atom. The minimum Gasteiger partial charge on any atom is -0.448 e. The number of carbonyl (C=O) groups excluding carboxylic acids is 1. The average Bonchev–Trinajstić information content (AvgIpc) is 3.24. The fourth-order valence-electron chi connectivity index (χ4n) is 5.57. The predicted molar refractivity (Wildman–Crippen MR) is 165 cm³/mol. The van der Waals surface area contributed by atoms with Crippen LogP contribution in [-0.4, -0.2) is 56.8 Å². The number of nitrogens with zero attached hydrogens (tertiary/aromatic N) is 2. The SMILES string of the molecule is Cc1c(S)cc(CN2CCN(C(=O)OCC3c4ccccc4-c4ccccc43)CC2)c(C)c1C#C[Si](C)(C)C. The van der Waals surface area contributed by atoms with Crippen LogP contribution in [0.15, 0.2) is 59.5 Å². The molecule has 1 amide bonds. The molecule has 202 valence electrons. The van der Waals surface area contributed by atoms with E-state index < -0.39 is 8.07 Å². The molecule has 0 bridgehead atoms. The van der Waals surface area contributed by atoms with Crippen molar-refractivity contribution in [2.24, 2.45) is 0 Å². The first-order chi connectivity index (χ1) is 18.6. The number of fused-ring (bicyclic) bond motifs is 3. The monoisotopic (exact) mass is 554 g/mol. The summed E-state index contributed by atoms with van der Waals surface area (Å²) in [6.45, 7) is 15.3. The quantitative estimate of drug-likeness (QED) is 0.217. The summed E-state index contributed by atoms with van der Waals surface area (Å²) in [6.07, 6.45) is -0.218. The normalized spacial score (nSPS) is 15.4. The molecule has 39 heavy (non-hydrogen) atoms. The molecule has 2 aliphatic rings. The zero-order valence-electron chi connectivity index (χ0n) is 23.7. The summed E-state index contributed by atoms with van der Waals surface area (Å²) in [4.78, 5) is 18.3. The van der Waals surface area contributed by atoms with Crippen molar-refractivity contribution in [1.29, 1.82) is 0 Å². The van der Waals surface area contributed by atoms with Gasteiger partial charge in [0.05, 0.1) is 0 Å². The summed E-state index contributed by atoms with van der Waals surface area (Å²) in [5.41, 5.74) is 13.3. The number of carbonyl (C=O) groups is 1. The molecule has 0 unspecified atom stereocenters. The maximum absolute atomic E-state index is 13.0. The summed E-state index contributed by atoms with van der Waals surface area (Å²) in [5.74, 6) is 3.57. The zero-order chi connectivity index (χ0) is 27.7. The van der Waals surface area contributed by atoms with Gasteiger partial charge >= 0.3 is 6.09 Å². The Morgan fingerprint density at radius 1 is 0.949 bits per heavy atom. The van der Waals surface area contributed by atoms with E-state index in [9.17, 15) is 4.79 Å². The molecule has 6 heteroatoms. The number of piperazine rings is 1. The van der Waals surface area contributed by atoms with Gasteiger partial charge in [0.15, 0.2) is 0 Å². The zero-order valence-corrected chi connectivity index (χ0v) is 25.6. The number of hydrogen-bond donors (Lipinski definition) is 1. The van der Waals surface area contributed by atoms with Gasteiger partial charge in [-0.15, -0.1) is 18.2 Å². The molecule has 0 saturated carbocycles. The van der Waals surface area contributed by atoms with E-state index in [0.717, 1.165) is 35.7 Å². The first kappa shape index (κ1) is 27.6. The molecule has 1 aliphatic heterocycles. The average molecular weight is 555 g/mol. The van der Waals surface area contributed by atoms with Crippen LogP contribution in [0.5, 0.6) is 0 Å². The maximum atomic E-state index is 13.0. The molecule has 3 aromatic carbocycles. The number of ether oxygens (including phenoxy) is 1. The van der Waals surface area contributed by atoms with Crippen LogP contribution in [0.2, 0.25) is 19.6 Å². The summed E-state index contributed by atoms with van der Waals surface area (Å²) >= 11 is 4.76. The fraction of sp³-hybridized carbons (Fsp3) is 0.364. The third kappa shape index (κ3) is 5.96. The van der Waals surface area contributed by atoms with E-state index in [1.807, 2.05) is 4.90 Å². The van der Waals surface area contributed by atoms with Crippen molar-refractivity contribution < 1.29 is 9.53 Å². The number of hydrogen-bond acceptors (Lipinski definition) is 4. The Kier molecular flexibility index (Phi) is 7.95. The fourth-order valence-corrected chi connectivity index (χ4v) is 6.34. The van der Waals surface area contributed by atoms with E-state index >= 15 is 0 Å². The van der Waals surface area contributed by atoms with E-state index in [0.29, 0.717) is 19.7 Å². The number of thiol groups is 1. The van der Waals surface area contributed by atoms with Gasteiger partial charge in [-0.2, -0.15) is 0 Å². The van der Waals surface area contributed by atoms with E-state index in [4.69, 9.17) is 17.4 Å². The van der Waals surface area contributed by atoms with Gasteiger partial charge in [-0.05, 0) is 58.9 Å². The third-order valence-corrected chi connectivity index (χ3v) is 9.19. The van der Waals surface area contributed by atoms with Gasteiger partial charge in [-0.1, -0.05) is 74.1 Å². The first-order valence-electron chi connectivity index (χ1n) is 13.8. The highest BCUT2D eigenvalue weighted by molar-refractivity contribution is 7.80. The number of benzene rings is 3.